The fourth-order valence-corrected chi connectivity index (χ4v) is 2.05. The number of benzene rings is 1. The van der Waals surface area contributed by atoms with Crippen LogP contribution in [0.2, 0.25) is 0 Å². The lowest BCUT2D eigenvalue weighted by molar-refractivity contribution is 0.249. The van der Waals surface area contributed by atoms with Gasteiger partial charge in [0, 0.05) is 32.2 Å². The van der Waals surface area contributed by atoms with E-state index in [1.165, 1.54) is 11.6 Å². The minimum atomic E-state index is 1.08. The Bertz CT molecular complexity index is 278. The second-order valence-electron chi connectivity index (χ2n) is 4.13. The zero-order valence-electron chi connectivity index (χ0n) is 9.37. The standard InChI is InChI=1S/C13H19N2/c1-12(15-9-7-14-8-10-15)11-13-5-3-2-4-6-13/h2-6,14H,7-11H2,1H3. The molecule has 1 aliphatic rings. The number of rotatable bonds is 3. The third-order valence-electron chi connectivity index (χ3n) is 2.96. The molecule has 1 fully saturated rings. The molecule has 0 amide bonds. The van der Waals surface area contributed by atoms with Gasteiger partial charge in [0.15, 0.2) is 0 Å². The molecule has 2 rings (SSSR count). The zero-order chi connectivity index (χ0) is 10.5. The summed E-state index contributed by atoms with van der Waals surface area (Å²) >= 11 is 0. The topological polar surface area (TPSA) is 15.3 Å². The Morgan fingerprint density at radius 3 is 2.53 bits per heavy atom. The summed E-state index contributed by atoms with van der Waals surface area (Å²) in [4.78, 5) is 2.49. The van der Waals surface area contributed by atoms with Gasteiger partial charge in [-0.05, 0) is 18.9 Å². The summed E-state index contributed by atoms with van der Waals surface area (Å²) in [5.74, 6) is 0. The second-order valence-corrected chi connectivity index (χ2v) is 4.13. The van der Waals surface area contributed by atoms with Crippen LogP contribution in [0.25, 0.3) is 0 Å². The van der Waals surface area contributed by atoms with E-state index < -0.39 is 0 Å². The van der Waals surface area contributed by atoms with Crippen LogP contribution in [-0.2, 0) is 6.42 Å². The van der Waals surface area contributed by atoms with Gasteiger partial charge < -0.3 is 5.32 Å². The maximum absolute atomic E-state index is 3.38. The number of hydrogen-bond donors (Lipinski definition) is 1. The summed E-state index contributed by atoms with van der Waals surface area (Å²) in [6, 6.07) is 12.2. The van der Waals surface area contributed by atoms with Crippen LogP contribution in [0.1, 0.15) is 12.5 Å². The minimum Gasteiger partial charge on any atom is -0.314 e. The van der Waals surface area contributed by atoms with E-state index in [-0.39, 0.29) is 0 Å². The summed E-state index contributed by atoms with van der Waals surface area (Å²) in [7, 11) is 0. The van der Waals surface area contributed by atoms with Crippen LogP contribution >= 0.6 is 0 Å². The van der Waals surface area contributed by atoms with E-state index in [0.29, 0.717) is 0 Å². The van der Waals surface area contributed by atoms with E-state index in [1.54, 1.807) is 0 Å². The molecule has 0 aliphatic carbocycles. The first kappa shape index (κ1) is 10.7. The van der Waals surface area contributed by atoms with Crippen LogP contribution in [0, 0.1) is 6.04 Å². The van der Waals surface area contributed by atoms with Gasteiger partial charge >= 0.3 is 0 Å². The number of nitrogens with one attached hydrogen (secondary N) is 1. The average molecular weight is 203 g/mol. The van der Waals surface area contributed by atoms with Crippen molar-refractivity contribution >= 4 is 0 Å². The minimum absolute atomic E-state index is 1.08. The first-order chi connectivity index (χ1) is 7.36. The summed E-state index contributed by atoms with van der Waals surface area (Å²) in [6.45, 7) is 6.79. The van der Waals surface area contributed by atoms with Crippen molar-refractivity contribution in [3.05, 3.63) is 41.9 Å². The highest BCUT2D eigenvalue weighted by molar-refractivity contribution is 5.18. The van der Waals surface area contributed by atoms with Crippen molar-refractivity contribution in [3.8, 4) is 0 Å². The molecular weight excluding hydrogens is 184 g/mol. The summed E-state index contributed by atoms with van der Waals surface area (Å²) < 4.78 is 0. The highest BCUT2D eigenvalue weighted by Crippen LogP contribution is 2.15. The van der Waals surface area contributed by atoms with Gasteiger partial charge in [0.1, 0.15) is 0 Å². The van der Waals surface area contributed by atoms with Crippen LogP contribution in [0.3, 0.4) is 0 Å². The molecule has 1 saturated heterocycles. The number of hydrogen-bond acceptors (Lipinski definition) is 2. The average Bonchev–Trinajstić information content (AvgIpc) is 2.31. The Labute approximate surface area is 92.3 Å². The lowest BCUT2D eigenvalue weighted by Crippen LogP contribution is -2.45. The monoisotopic (exact) mass is 203 g/mol. The van der Waals surface area contributed by atoms with Gasteiger partial charge in [-0.3, -0.25) is 4.90 Å². The molecule has 1 aliphatic heterocycles. The van der Waals surface area contributed by atoms with Crippen LogP contribution in [0.15, 0.2) is 30.3 Å². The Balaban J connectivity index is 1.88. The molecule has 1 radical (unpaired) electrons. The molecular formula is C13H19N2. The maximum Gasteiger partial charge on any atom is 0.0406 e. The molecule has 81 valence electrons. The highest BCUT2D eigenvalue weighted by atomic mass is 15.2. The first-order valence-corrected chi connectivity index (χ1v) is 5.68. The molecule has 15 heavy (non-hydrogen) atoms. The van der Waals surface area contributed by atoms with Crippen LogP contribution in [-0.4, -0.2) is 31.1 Å². The van der Waals surface area contributed by atoms with Gasteiger partial charge in [0.25, 0.3) is 0 Å². The normalized spacial score (nSPS) is 18.3. The Hall–Kier alpha value is -0.860. The number of piperazine rings is 1. The van der Waals surface area contributed by atoms with Crippen molar-refractivity contribution in [3.63, 3.8) is 0 Å². The zero-order valence-corrected chi connectivity index (χ0v) is 9.37. The van der Waals surface area contributed by atoms with Crippen LogP contribution < -0.4 is 5.32 Å². The van der Waals surface area contributed by atoms with Gasteiger partial charge in [-0.25, -0.2) is 0 Å². The van der Waals surface area contributed by atoms with Crippen molar-refractivity contribution in [2.75, 3.05) is 26.2 Å². The second kappa shape index (κ2) is 5.29. The Morgan fingerprint density at radius 2 is 1.87 bits per heavy atom. The van der Waals surface area contributed by atoms with E-state index in [0.717, 1.165) is 32.6 Å². The lowest BCUT2D eigenvalue weighted by Gasteiger charge is -2.32. The molecule has 0 bridgehead atoms. The van der Waals surface area contributed by atoms with Crippen molar-refractivity contribution < 1.29 is 0 Å². The molecule has 2 nitrogen and oxygen atoms in total. The fourth-order valence-electron chi connectivity index (χ4n) is 2.05. The molecule has 2 heteroatoms. The third-order valence-corrected chi connectivity index (χ3v) is 2.96. The van der Waals surface area contributed by atoms with Crippen molar-refractivity contribution in [1.82, 2.24) is 10.2 Å². The van der Waals surface area contributed by atoms with E-state index in [9.17, 15) is 0 Å². The third kappa shape index (κ3) is 3.05. The van der Waals surface area contributed by atoms with Gasteiger partial charge in [-0.2, -0.15) is 0 Å². The van der Waals surface area contributed by atoms with E-state index >= 15 is 0 Å². The molecule has 0 saturated carbocycles. The summed E-state index contributed by atoms with van der Waals surface area (Å²) in [5, 5.41) is 3.38. The van der Waals surface area contributed by atoms with Gasteiger partial charge in [0.2, 0.25) is 0 Å². The van der Waals surface area contributed by atoms with Crippen molar-refractivity contribution in [2.24, 2.45) is 0 Å². The van der Waals surface area contributed by atoms with Gasteiger partial charge in [-0.15, -0.1) is 0 Å². The molecule has 1 heterocycles. The van der Waals surface area contributed by atoms with E-state index in [1.807, 2.05) is 0 Å². The number of nitrogens with zero attached hydrogens (tertiary/aromatic N) is 1. The van der Waals surface area contributed by atoms with E-state index in [4.69, 9.17) is 0 Å². The summed E-state index contributed by atoms with van der Waals surface area (Å²) in [6.07, 6.45) is 1.08. The highest BCUT2D eigenvalue weighted by Gasteiger charge is 2.16. The molecule has 0 unspecified atom stereocenters. The Kier molecular flexibility index (Phi) is 3.75. The molecule has 0 atom stereocenters. The van der Waals surface area contributed by atoms with E-state index in [2.05, 4.69) is 47.5 Å². The summed E-state index contributed by atoms with van der Waals surface area (Å²) in [5.41, 5.74) is 1.41. The predicted octanol–water partition coefficient (Wildman–Crippen LogP) is 1.69. The SMILES string of the molecule is C[C](Cc1ccccc1)N1CCNCC1. The lowest BCUT2D eigenvalue weighted by atomic mass is 10.1. The molecule has 1 aromatic carbocycles. The van der Waals surface area contributed by atoms with Crippen LogP contribution in [0.4, 0.5) is 0 Å². The Morgan fingerprint density at radius 1 is 1.20 bits per heavy atom. The first-order valence-electron chi connectivity index (χ1n) is 5.68. The maximum atomic E-state index is 3.38. The molecule has 0 aromatic heterocycles. The fraction of sp³-hybridized carbons (Fsp3) is 0.462. The smallest absolute Gasteiger partial charge is 0.0406 e. The molecule has 0 spiro atoms. The largest absolute Gasteiger partial charge is 0.314 e. The molecule has 1 aromatic rings. The van der Waals surface area contributed by atoms with Gasteiger partial charge in [-0.1, -0.05) is 30.3 Å². The predicted molar refractivity (Wildman–Crippen MR) is 63.5 cm³/mol. The quantitative estimate of drug-likeness (QED) is 0.804. The van der Waals surface area contributed by atoms with Crippen molar-refractivity contribution in [1.29, 1.82) is 0 Å². The van der Waals surface area contributed by atoms with Crippen LogP contribution in [0.5, 0.6) is 0 Å². The molecule has 1 N–H and O–H groups in total. The van der Waals surface area contributed by atoms with Crippen molar-refractivity contribution in [2.45, 2.75) is 13.3 Å². The van der Waals surface area contributed by atoms with Gasteiger partial charge in [0.05, 0.1) is 0 Å².